The maximum atomic E-state index is 12.5. The maximum absolute atomic E-state index is 12.5. The molecule has 1 aromatic carbocycles. The number of amides is 1. The molecule has 0 aromatic heterocycles. The number of rotatable bonds is 4. The van der Waals surface area contributed by atoms with Crippen LogP contribution in [0, 0.1) is 17.0 Å². The van der Waals surface area contributed by atoms with Crippen LogP contribution in [0.3, 0.4) is 0 Å². The lowest BCUT2D eigenvalue weighted by atomic mass is 10.0. The van der Waals surface area contributed by atoms with Crippen LogP contribution in [-0.4, -0.2) is 38.9 Å². The predicted octanol–water partition coefficient (Wildman–Crippen LogP) is 2.23. The van der Waals surface area contributed by atoms with Gasteiger partial charge in [-0.25, -0.2) is 0 Å². The summed E-state index contributed by atoms with van der Waals surface area (Å²) in [5, 5.41) is 19.7. The monoisotopic (exact) mass is 294 g/mol. The van der Waals surface area contributed by atoms with Crippen LogP contribution < -0.4 is 0 Å². The van der Waals surface area contributed by atoms with Crippen molar-refractivity contribution < 1.29 is 19.6 Å². The van der Waals surface area contributed by atoms with Crippen LogP contribution in [-0.2, 0) is 4.79 Å². The van der Waals surface area contributed by atoms with E-state index in [2.05, 4.69) is 0 Å². The number of carbonyl (C=O) groups is 2. The van der Waals surface area contributed by atoms with Crippen molar-refractivity contribution in [1.82, 2.24) is 4.90 Å². The molecule has 0 atom stereocenters. The molecule has 1 N–H and O–H groups in total. The minimum Gasteiger partial charge on any atom is -0.480 e. The van der Waals surface area contributed by atoms with Crippen LogP contribution in [0.5, 0.6) is 0 Å². The van der Waals surface area contributed by atoms with Gasteiger partial charge in [-0.3, -0.25) is 19.7 Å². The van der Waals surface area contributed by atoms with E-state index >= 15 is 0 Å². The molecule has 21 heavy (non-hydrogen) atoms. The number of hydrogen-bond acceptors (Lipinski definition) is 4. The van der Waals surface area contributed by atoms with E-state index < -0.39 is 28.9 Å². The summed E-state index contributed by atoms with van der Waals surface area (Å²) in [7, 11) is 0. The Morgan fingerprint density at radius 3 is 2.29 bits per heavy atom. The first-order valence-electron chi connectivity index (χ1n) is 6.33. The van der Waals surface area contributed by atoms with Crippen LogP contribution >= 0.6 is 0 Å². The smallest absolute Gasteiger partial charge is 0.323 e. The molecule has 0 aliphatic rings. The van der Waals surface area contributed by atoms with Crippen LogP contribution in [0.1, 0.15) is 36.7 Å². The van der Waals surface area contributed by atoms with Gasteiger partial charge in [0.05, 0.1) is 4.92 Å². The highest BCUT2D eigenvalue weighted by molar-refractivity contribution is 5.96. The summed E-state index contributed by atoms with van der Waals surface area (Å²) in [6.07, 6.45) is 0. The Morgan fingerprint density at radius 1 is 1.33 bits per heavy atom. The summed E-state index contributed by atoms with van der Waals surface area (Å²) in [6, 6.07) is 4.00. The summed E-state index contributed by atoms with van der Waals surface area (Å²) in [6.45, 7) is 6.29. The zero-order valence-corrected chi connectivity index (χ0v) is 12.4. The van der Waals surface area contributed by atoms with E-state index in [1.807, 2.05) is 0 Å². The molecular formula is C14H18N2O5. The molecule has 0 radical (unpaired) electrons. The van der Waals surface area contributed by atoms with Gasteiger partial charge in [0.2, 0.25) is 0 Å². The third-order valence-electron chi connectivity index (χ3n) is 2.99. The summed E-state index contributed by atoms with van der Waals surface area (Å²) in [5.41, 5.74) is -0.165. The van der Waals surface area contributed by atoms with Crippen molar-refractivity contribution in [3.63, 3.8) is 0 Å². The van der Waals surface area contributed by atoms with Crippen molar-refractivity contribution in [3.8, 4) is 0 Å². The molecule has 0 saturated heterocycles. The summed E-state index contributed by atoms with van der Waals surface area (Å²) < 4.78 is 0. The molecule has 0 fully saturated rings. The Kier molecular flexibility index (Phi) is 4.67. The van der Waals surface area contributed by atoms with Crippen molar-refractivity contribution in [2.75, 3.05) is 6.54 Å². The molecule has 1 aromatic rings. The lowest BCUT2D eigenvalue weighted by molar-refractivity contribution is -0.385. The van der Waals surface area contributed by atoms with Crippen LogP contribution in [0.15, 0.2) is 18.2 Å². The second-order valence-electron chi connectivity index (χ2n) is 5.71. The number of nitro groups is 1. The fourth-order valence-corrected chi connectivity index (χ4v) is 1.90. The zero-order valence-electron chi connectivity index (χ0n) is 12.4. The zero-order chi connectivity index (χ0) is 16.4. The van der Waals surface area contributed by atoms with Gasteiger partial charge in [-0.05, 0) is 39.8 Å². The van der Waals surface area contributed by atoms with Gasteiger partial charge in [0.15, 0.2) is 0 Å². The average molecular weight is 294 g/mol. The Hall–Kier alpha value is -2.44. The highest BCUT2D eigenvalue weighted by atomic mass is 16.6. The van der Waals surface area contributed by atoms with Crippen molar-refractivity contribution in [2.45, 2.75) is 33.2 Å². The maximum Gasteiger partial charge on any atom is 0.323 e. The molecule has 0 bridgehead atoms. The Balaban J connectivity index is 3.18. The summed E-state index contributed by atoms with van der Waals surface area (Å²) >= 11 is 0. The molecular weight excluding hydrogens is 276 g/mol. The van der Waals surface area contributed by atoms with Gasteiger partial charge < -0.3 is 10.0 Å². The number of benzene rings is 1. The molecule has 0 saturated carbocycles. The molecule has 0 heterocycles. The number of carboxylic acid groups (broad SMARTS) is 1. The highest BCUT2D eigenvalue weighted by Gasteiger charge is 2.29. The summed E-state index contributed by atoms with van der Waals surface area (Å²) in [5.74, 6) is -1.58. The van der Waals surface area contributed by atoms with E-state index in [0.29, 0.717) is 5.56 Å². The molecule has 1 amide bonds. The lowest BCUT2D eigenvalue weighted by Crippen LogP contribution is -2.48. The number of nitrogens with zero attached hydrogens (tertiary/aromatic N) is 2. The van der Waals surface area contributed by atoms with Gasteiger partial charge in [-0.15, -0.1) is 0 Å². The van der Waals surface area contributed by atoms with E-state index in [0.717, 1.165) is 0 Å². The van der Waals surface area contributed by atoms with Gasteiger partial charge in [0.25, 0.3) is 11.6 Å². The summed E-state index contributed by atoms with van der Waals surface area (Å²) in [4.78, 5) is 34.8. The minimum absolute atomic E-state index is 0.0768. The van der Waals surface area contributed by atoms with Crippen LogP contribution in [0.4, 0.5) is 5.69 Å². The predicted molar refractivity (Wildman–Crippen MR) is 76.3 cm³/mol. The molecule has 0 aliphatic heterocycles. The molecule has 0 unspecified atom stereocenters. The topological polar surface area (TPSA) is 101 Å². The van der Waals surface area contributed by atoms with Gasteiger partial charge in [0, 0.05) is 22.7 Å². The van der Waals surface area contributed by atoms with E-state index in [1.54, 1.807) is 20.8 Å². The van der Waals surface area contributed by atoms with Crippen molar-refractivity contribution >= 4 is 17.6 Å². The fraction of sp³-hybridized carbons (Fsp3) is 0.429. The molecule has 0 aliphatic carbocycles. The number of aliphatic carboxylic acids is 1. The number of aryl methyl sites for hydroxylation is 1. The third-order valence-corrected chi connectivity index (χ3v) is 2.99. The van der Waals surface area contributed by atoms with Crippen molar-refractivity contribution in [3.05, 3.63) is 39.4 Å². The average Bonchev–Trinajstić information content (AvgIpc) is 2.33. The molecule has 7 heteroatoms. The van der Waals surface area contributed by atoms with Crippen LogP contribution in [0.2, 0.25) is 0 Å². The first kappa shape index (κ1) is 16.6. The van der Waals surface area contributed by atoms with E-state index in [1.165, 1.54) is 30.0 Å². The molecule has 1 rings (SSSR count). The molecule has 114 valence electrons. The van der Waals surface area contributed by atoms with Crippen molar-refractivity contribution in [1.29, 1.82) is 0 Å². The van der Waals surface area contributed by atoms with E-state index in [-0.39, 0.29) is 11.3 Å². The SMILES string of the molecule is Cc1cc(C(=O)N(CC(=O)O)C(C)(C)C)ccc1[N+](=O)[O-]. The Morgan fingerprint density at radius 2 is 1.90 bits per heavy atom. The van der Waals surface area contributed by atoms with Crippen LogP contribution in [0.25, 0.3) is 0 Å². The number of carbonyl (C=O) groups excluding carboxylic acids is 1. The van der Waals surface area contributed by atoms with Gasteiger partial charge in [-0.2, -0.15) is 0 Å². The van der Waals surface area contributed by atoms with E-state index in [9.17, 15) is 19.7 Å². The highest BCUT2D eigenvalue weighted by Crippen LogP contribution is 2.22. The lowest BCUT2D eigenvalue weighted by Gasteiger charge is -2.34. The number of carboxylic acids is 1. The molecule has 7 nitrogen and oxygen atoms in total. The van der Waals surface area contributed by atoms with Gasteiger partial charge in [-0.1, -0.05) is 0 Å². The van der Waals surface area contributed by atoms with E-state index in [4.69, 9.17) is 5.11 Å². The van der Waals surface area contributed by atoms with Gasteiger partial charge in [0.1, 0.15) is 6.54 Å². The van der Waals surface area contributed by atoms with Crippen molar-refractivity contribution in [2.24, 2.45) is 0 Å². The minimum atomic E-state index is -1.11. The largest absolute Gasteiger partial charge is 0.480 e. The quantitative estimate of drug-likeness (QED) is 0.677. The Bertz CT molecular complexity index is 590. The number of hydrogen-bond donors (Lipinski definition) is 1. The second-order valence-corrected chi connectivity index (χ2v) is 5.71. The molecule has 0 spiro atoms. The standard InChI is InChI=1S/C14H18N2O5/c1-9-7-10(5-6-11(9)16(20)21)13(19)15(8-12(17)18)14(2,3)4/h5-7H,8H2,1-4H3,(H,17,18). The first-order chi connectivity index (χ1) is 9.54. The second kappa shape index (κ2) is 5.90. The number of nitro benzene ring substituents is 1. The first-order valence-corrected chi connectivity index (χ1v) is 6.33. The van der Waals surface area contributed by atoms with Gasteiger partial charge >= 0.3 is 5.97 Å². The fourth-order valence-electron chi connectivity index (χ4n) is 1.90. The Labute approximate surface area is 122 Å². The third kappa shape index (κ3) is 4.01. The normalized spacial score (nSPS) is 11.0.